The van der Waals surface area contributed by atoms with E-state index in [1.807, 2.05) is 0 Å². The summed E-state index contributed by atoms with van der Waals surface area (Å²) in [7, 11) is 10.6. The number of hydrogen-bond donors (Lipinski definition) is 0. The van der Waals surface area contributed by atoms with E-state index in [1.165, 1.54) is 87.6 Å². The molecule has 0 bridgehead atoms. The summed E-state index contributed by atoms with van der Waals surface area (Å²) < 4.78 is 0. The number of fused-ring (bicyclic) bond motifs is 2. The van der Waals surface area contributed by atoms with E-state index in [0.717, 1.165) is 9.52 Å². The van der Waals surface area contributed by atoms with Gasteiger partial charge in [0.15, 0.2) is 0 Å². The summed E-state index contributed by atoms with van der Waals surface area (Å²) in [5, 5.41) is 8.20. The van der Waals surface area contributed by atoms with Crippen molar-refractivity contribution in [3.63, 3.8) is 0 Å². The van der Waals surface area contributed by atoms with Crippen molar-refractivity contribution in [3.05, 3.63) is 191 Å². The number of hydrogen-bond acceptors (Lipinski definition) is 0. The van der Waals surface area contributed by atoms with E-state index in [0.29, 0.717) is 0 Å². The van der Waals surface area contributed by atoms with Gasteiger partial charge in [0.05, 0.1) is 0 Å². The van der Waals surface area contributed by atoms with Gasteiger partial charge in [0.1, 0.15) is 9.52 Å². The van der Waals surface area contributed by atoms with E-state index in [2.05, 4.69) is 199 Å². The zero-order valence-corrected chi connectivity index (χ0v) is 35.7. The molecule has 8 rings (SSSR count). The van der Waals surface area contributed by atoms with Crippen LogP contribution in [0.3, 0.4) is 0 Å². The molecule has 52 heavy (non-hydrogen) atoms. The summed E-state index contributed by atoms with van der Waals surface area (Å²) in [6, 6.07) is 56.5. The minimum absolute atomic E-state index is 0.777. The molecule has 4 heteroatoms. The molecule has 258 valence electrons. The van der Waals surface area contributed by atoms with Crippen molar-refractivity contribution in [1.29, 1.82) is 0 Å². The number of benzene rings is 6. The van der Waals surface area contributed by atoms with Crippen LogP contribution in [0.2, 0.25) is 0 Å². The smallest absolute Gasteiger partial charge is 0.0631 e. The zero-order valence-electron chi connectivity index (χ0n) is 30.8. The Kier molecular flexibility index (Phi) is 14.7. The van der Waals surface area contributed by atoms with Crippen molar-refractivity contribution in [1.82, 2.24) is 0 Å². The summed E-state index contributed by atoms with van der Waals surface area (Å²) in [5.74, 6) is 0. The standard InChI is InChI=1S/2C18H17.C12H10Si.2ClH.Zr/c2*1-12-10-15-7-5-9-17(18(15)11-12)16-8-4-6-13(2)14(16)3;1-3-7-11(8-4-1)13-12-9-5-2-6-10-12;;;/h2*4-11H,1-3H3;1-10H;2*1H;/q2*-1;;;;+4/p-2. The second-order valence-corrected chi connectivity index (χ2v) is 18.2. The van der Waals surface area contributed by atoms with Crippen molar-refractivity contribution in [3.8, 4) is 22.3 Å². The summed E-state index contributed by atoms with van der Waals surface area (Å²) in [6.45, 7) is 13.1. The van der Waals surface area contributed by atoms with Gasteiger partial charge in [-0.3, -0.25) is 0 Å². The Morgan fingerprint density at radius 1 is 0.423 bits per heavy atom. The third-order valence-corrected chi connectivity index (χ3v) is 10.7. The second-order valence-electron chi connectivity index (χ2n) is 13.1. The molecule has 0 saturated heterocycles. The van der Waals surface area contributed by atoms with E-state index >= 15 is 0 Å². The summed E-state index contributed by atoms with van der Waals surface area (Å²) >= 11 is -0.826. The normalized spacial score (nSPS) is 10.3. The molecule has 0 amide bonds. The molecule has 0 spiro atoms. The fourth-order valence-corrected chi connectivity index (χ4v) is 7.59. The van der Waals surface area contributed by atoms with Crippen LogP contribution in [0.25, 0.3) is 43.8 Å². The molecule has 0 aromatic heterocycles. The van der Waals surface area contributed by atoms with Crippen LogP contribution >= 0.6 is 17.0 Å². The van der Waals surface area contributed by atoms with E-state index in [4.69, 9.17) is 17.0 Å². The molecule has 8 aromatic carbocycles. The first-order valence-corrected chi connectivity index (χ1v) is 24.8. The average Bonchev–Trinajstić information content (AvgIpc) is 3.73. The first kappa shape index (κ1) is 39.4. The maximum absolute atomic E-state index is 4.93. The molecule has 0 unspecified atom stereocenters. The summed E-state index contributed by atoms with van der Waals surface area (Å²) in [4.78, 5) is 0. The average molecular weight is 811 g/mol. The quantitative estimate of drug-likeness (QED) is 0.123. The predicted molar refractivity (Wildman–Crippen MR) is 228 cm³/mol. The van der Waals surface area contributed by atoms with E-state index < -0.39 is 20.8 Å². The Morgan fingerprint density at radius 3 is 1.15 bits per heavy atom. The van der Waals surface area contributed by atoms with Crippen LogP contribution in [-0.2, 0) is 20.8 Å². The summed E-state index contributed by atoms with van der Waals surface area (Å²) in [6.07, 6.45) is 0. The summed E-state index contributed by atoms with van der Waals surface area (Å²) in [5.41, 5.74) is 13.5. The van der Waals surface area contributed by atoms with Crippen LogP contribution in [0.4, 0.5) is 0 Å². The van der Waals surface area contributed by atoms with Crippen LogP contribution < -0.4 is 10.4 Å². The van der Waals surface area contributed by atoms with E-state index in [9.17, 15) is 0 Å². The number of aryl methyl sites for hydroxylation is 4. The molecular weight excluding hydrogens is 767 g/mol. The van der Waals surface area contributed by atoms with Gasteiger partial charge in [-0.15, -0.1) is 69.1 Å². The van der Waals surface area contributed by atoms with Crippen LogP contribution in [0.1, 0.15) is 33.4 Å². The predicted octanol–water partition coefficient (Wildman–Crippen LogP) is 13.0. The number of halogens is 2. The Labute approximate surface area is 331 Å². The van der Waals surface area contributed by atoms with Gasteiger partial charge in [-0.05, 0) is 61.1 Å². The van der Waals surface area contributed by atoms with E-state index in [1.54, 1.807) is 0 Å². The molecule has 8 aromatic rings. The topological polar surface area (TPSA) is 0 Å². The van der Waals surface area contributed by atoms with Gasteiger partial charge in [-0.25, -0.2) is 0 Å². The van der Waals surface area contributed by atoms with Gasteiger partial charge in [0.2, 0.25) is 0 Å². The zero-order chi connectivity index (χ0) is 37.0. The molecule has 2 radical (unpaired) electrons. The fraction of sp³-hybridized carbons (Fsp3) is 0.125. The first-order valence-electron chi connectivity index (χ1n) is 17.5. The largest absolute Gasteiger partial charge is 0.121 e. The van der Waals surface area contributed by atoms with Crippen molar-refractivity contribution in [2.24, 2.45) is 0 Å². The van der Waals surface area contributed by atoms with Crippen LogP contribution in [0.5, 0.6) is 0 Å². The first-order chi connectivity index (χ1) is 25.2. The maximum atomic E-state index is 4.93. The van der Waals surface area contributed by atoms with Crippen LogP contribution in [-0.4, -0.2) is 9.52 Å². The maximum Gasteiger partial charge on any atom is 0.121 e. The molecule has 0 N–H and O–H groups in total. The second kappa shape index (κ2) is 19.3. The van der Waals surface area contributed by atoms with Crippen molar-refractivity contribution in [2.75, 3.05) is 0 Å². The molecular formula is C48H44Cl2SiZr. The molecule has 0 fully saturated rings. The molecule has 0 nitrogen and oxygen atoms in total. The van der Waals surface area contributed by atoms with Crippen molar-refractivity contribution in [2.45, 2.75) is 41.5 Å². The Hall–Kier alpha value is -3.78. The molecule has 0 saturated carbocycles. The van der Waals surface area contributed by atoms with Gasteiger partial charge >= 0.3 is 37.9 Å². The molecule has 0 atom stereocenters. The third-order valence-electron chi connectivity index (χ3n) is 9.42. The monoisotopic (exact) mass is 808 g/mol. The Morgan fingerprint density at radius 2 is 0.769 bits per heavy atom. The minimum atomic E-state index is -0.826. The van der Waals surface area contributed by atoms with Gasteiger partial charge in [0, 0.05) is 0 Å². The Balaban J connectivity index is 0.000000147. The fourth-order valence-electron chi connectivity index (χ4n) is 6.53. The SMILES string of the molecule is Cc1cc2c(-c3cccc(C)c3C)cccc2[cH-]1.Cc1cc2c(-c3cccc(C)c3C)cccc2[cH-]1.[Cl][Zr+2][Cl].c1ccc([Si]c2ccccc2)cc1. The van der Waals surface area contributed by atoms with Gasteiger partial charge in [0.25, 0.3) is 0 Å². The molecule has 0 heterocycles. The van der Waals surface area contributed by atoms with Gasteiger partial charge in [-0.2, -0.15) is 12.1 Å². The van der Waals surface area contributed by atoms with Crippen LogP contribution in [0, 0.1) is 41.5 Å². The van der Waals surface area contributed by atoms with Crippen molar-refractivity contribution < 1.29 is 20.8 Å². The molecule has 0 aliphatic carbocycles. The molecule has 0 aliphatic heterocycles. The Bertz CT molecular complexity index is 2170. The van der Waals surface area contributed by atoms with Gasteiger partial charge in [-0.1, -0.05) is 145 Å². The minimum Gasteiger partial charge on any atom is -0.0631 e. The molecule has 0 aliphatic rings. The number of rotatable bonds is 4. The van der Waals surface area contributed by atoms with Crippen LogP contribution in [0.15, 0.2) is 158 Å². The third kappa shape index (κ3) is 10.2. The van der Waals surface area contributed by atoms with E-state index in [-0.39, 0.29) is 0 Å². The van der Waals surface area contributed by atoms with Crippen molar-refractivity contribution >= 4 is 58.5 Å². The van der Waals surface area contributed by atoms with Gasteiger partial charge < -0.3 is 0 Å².